The van der Waals surface area contributed by atoms with Crippen LogP contribution in [0.25, 0.3) is 0 Å². The van der Waals surface area contributed by atoms with Crippen molar-refractivity contribution in [2.75, 3.05) is 6.61 Å². The number of carbonyl (C=O) groups excluding carboxylic acids is 1. The van der Waals surface area contributed by atoms with Crippen LogP contribution >= 0.6 is 11.6 Å². The lowest BCUT2D eigenvalue weighted by atomic mass is 10.0. The number of esters is 1. The first-order valence-corrected chi connectivity index (χ1v) is 8.95. The van der Waals surface area contributed by atoms with E-state index in [1.54, 1.807) is 12.1 Å². The summed E-state index contributed by atoms with van der Waals surface area (Å²) in [6.45, 7) is 8.58. The number of benzene rings is 2. The summed E-state index contributed by atoms with van der Waals surface area (Å²) in [5.74, 6) is 1.60. The molecule has 0 aromatic heterocycles. The molecule has 0 bridgehead atoms. The van der Waals surface area contributed by atoms with Crippen molar-refractivity contribution in [2.24, 2.45) is 0 Å². The molecule has 4 heteroatoms. The Kier molecular flexibility index (Phi) is 6.89. The number of hydrogen-bond acceptors (Lipinski definition) is 3. The molecular weight excluding hydrogens is 336 g/mol. The van der Waals surface area contributed by atoms with Crippen LogP contribution in [-0.4, -0.2) is 12.6 Å². The Hall–Kier alpha value is -2.00. The minimum absolute atomic E-state index is 0.264. The molecule has 134 valence electrons. The highest BCUT2D eigenvalue weighted by Crippen LogP contribution is 2.26. The van der Waals surface area contributed by atoms with E-state index in [-0.39, 0.29) is 5.97 Å². The Labute approximate surface area is 154 Å². The van der Waals surface area contributed by atoms with Gasteiger partial charge in [-0.15, -0.1) is 0 Å². The predicted molar refractivity (Wildman–Crippen MR) is 102 cm³/mol. The van der Waals surface area contributed by atoms with E-state index in [0.717, 1.165) is 16.9 Å². The van der Waals surface area contributed by atoms with Gasteiger partial charge in [-0.25, -0.2) is 0 Å². The van der Waals surface area contributed by atoms with Crippen molar-refractivity contribution in [3.63, 3.8) is 0 Å². The number of carbonyl (C=O) groups is 1. The Balaban J connectivity index is 1.75. The first kappa shape index (κ1) is 19.3. The third kappa shape index (κ3) is 5.79. The minimum Gasteiger partial charge on any atom is -0.494 e. The monoisotopic (exact) mass is 360 g/mol. The van der Waals surface area contributed by atoms with Crippen LogP contribution in [0.4, 0.5) is 0 Å². The first-order chi connectivity index (χ1) is 11.9. The van der Waals surface area contributed by atoms with Gasteiger partial charge in [-0.05, 0) is 67.1 Å². The smallest absolute Gasteiger partial charge is 0.311 e. The second kappa shape index (κ2) is 8.91. The van der Waals surface area contributed by atoms with Gasteiger partial charge in [0.25, 0.3) is 0 Å². The van der Waals surface area contributed by atoms with Crippen molar-refractivity contribution in [1.82, 2.24) is 0 Å². The maximum atomic E-state index is 11.9. The van der Waals surface area contributed by atoms with E-state index >= 15 is 0 Å². The molecule has 2 aromatic carbocycles. The summed E-state index contributed by atoms with van der Waals surface area (Å²) in [6.07, 6.45) is 0.918. The molecule has 0 heterocycles. The zero-order valence-electron chi connectivity index (χ0n) is 15.3. The van der Waals surface area contributed by atoms with Gasteiger partial charge in [-0.3, -0.25) is 4.79 Å². The van der Waals surface area contributed by atoms with Gasteiger partial charge in [0.2, 0.25) is 0 Å². The van der Waals surface area contributed by atoms with Crippen molar-refractivity contribution >= 4 is 17.6 Å². The largest absolute Gasteiger partial charge is 0.494 e. The number of aryl methyl sites for hydroxylation is 2. The average molecular weight is 361 g/mol. The van der Waals surface area contributed by atoms with Gasteiger partial charge >= 0.3 is 5.97 Å². The van der Waals surface area contributed by atoms with Crippen LogP contribution < -0.4 is 9.47 Å². The summed E-state index contributed by atoms with van der Waals surface area (Å²) in [4.78, 5) is 11.9. The summed E-state index contributed by atoms with van der Waals surface area (Å²) in [5.41, 5.74) is 3.08. The fraction of sp³-hybridized carbons (Fsp3) is 0.381. The lowest BCUT2D eigenvalue weighted by Gasteiger charge is -2.10. The van der Waals surface area contributed by atoms with Crippen LogP contribution in [0.5, 0.6) is 11.5 Å². The molecule has 0 saturated carbocycles. The fourth-order valence-electron chi connectivity index (χ4n) is 2.50. The van der Waals surface area contributed by atoms with Gasteiger partial charge in [0.15, 0.2) is 0 Å². The van der Waals surface area contributed by atoms with Gasteiger partial charge in [0.05, 0.1) is 6.61 Å². The molecule has 0 aliphatic carbocycles. The molecule has 0 aliphatic rings. The third-order valence-corrected chi connectivity index (χ3v) is 4.58. The van der Waals surface area contributed by atoms with Crippen molar-refractivity contribution in [3.8, 4) is 11.5 Å². The Morgan fingerprint density at radius 1 is 1.04 bits per heavy atom. The van der Waals surface area contributed by atoms with Crippen molar-refractivity contribution < 1.29 is 14.3 Å². The minimum atomic E-state index is -0.264. The molecule has 0 aliphatic heterocycles. The van der Waals surface area contributed by atoms with Crippen molar-refractivity contribution in [2.45, 2.75) is 46.5 Å². The molecule has 0 fully saturated rings. The molecule has 25 heavy (non-hydrogen) atoms. The number of rotatable bonds is 7. The number of ether oxygens (including phenoxy) is 2. The summed E-state index contributed by atoms with van der Waals surface area (Å²) in [7, 11) is 0. The normalized spacial score (nSPS) is 10.8. The van der Waals surface area contributed by atoms with Gasteiger partial charge in [0.1, 0.15) is 11.5 Å². The van der Waals surface area contributed by atoms with Crippen LogP contribution in [0.15, 0.2) is 36.4 Å². The van der Waals surface area contributed by atoms with Crippen LogP contribution in [-0.2, 0) is 4.79 Å². The van der Waals surface area contributed by atoms with Crippen LogP contribution in [0.3, 0.4) is 0 Å². The van der Waals surface area contributed by atoms with E-state index in [2.05, 4.69) is 26.0 Å². The van der Waals surface area contributed by atoms with Crippen molar-refractivity contribution in [1.29, 1.82) is 0 Å². The molecule has 2 aromatic rings. The van der Waals surface area contributed by atoms with Gasteiger partial charge in [-0.1, -0.05) is 37.6 Å². The maximum absolute atomic E-state index is 11.9. The molecule has 0 radical (unpaired) electrons. The van der Waals surface area contributed by atoms with Crippen molar-refractivity contribution in [3.05, 3.63) is 58.1 Å². The van der Waals surface area contributed by atoms with Crippen LogP contribution in [0.2, 0.25) is 5.02 Å². The molecule has 0 saturated heterocycles. The van der Waals surface area contributed by atoms with E-state index in [9.17, 15) is 4.79 Å². The molecule has 0 spiro atoms. The lowest BCUT2D eigenvalue weighted by molar-refractivity contribution is -0.134. The molecule has 0 N–H and O–H groups in total. The van der Waals surface area contributed by atoms with E-state index in [1.165, 1.54) is 5.56 Å². The maximum Gasteiger partial charge on any atom is 0.311 e. The molecule has 2 rings (SSSR count). The predicted octanol–water partition coefficient (Wildman–Crippen LogP) is 5.84. The van der Waals surface area contributed by atoms with Crippen LogP contribution in [0, 0.1) is 13.8 Å². The zero-order valence-corrected chi connectivity index (χ0v) is 16.0. The van der Waals surface area contributed by atoms with Crippen LogP contribution in [0.1, 0.15) is 49.3 Å². The summed E-state index contributed by atoms with van der Waals surface area (Å²) in [5, 5.41) is 0.705. The number of hydrogen-bond donors (Lipinski definition) is 0. The second-order valence-corrected chi connectivity index (χ2v) is 6.90. The molecule has 0 atom stereocenters. The summed E-state index contributed by atoms with van der Waals surface area (Å²) < 4.78 is 11.0. The highest BCUT2D eigenvalue weighted by Gasteiger charge is 2.09. The zero-order chi connectivity index (χ0) is 18.4. The SMILES string of the molecule is Cc1cc(OC(=O)CCCOc2ccc(C(C)C)cc2)cc(C)c1Cl. The Bertz CT molecular complexity index is 697. The molecule has 0 amide bonds. The summed E-state index contributed by atoms with van der Waals surface area (Å²) >= 11 is 6.12. The Morgan fingerprint density at radius 2 is 1.64 bits per heavy atom. The van der Waals surface area contributed by atoms with E-state index in [1.807, 2.05) is 26.0 Å². The summed E-state index contributed by atoms with van der Waals surface area (Å²) in [6, 6.07) is 11.6. The van der Waals surface area contributed by atoms with E-state index in [4.69, 9.17) is 21.1 Å². The highest BCUT2D eigenvalue weighted by molar-refractivity contribution is 6.32. The molecular formula is C21H25ClO3. The highest BCUT2D eigenvalue weighted by atomic mass is 35.5. The average Bonchev–Trinajstić information content (AvgIpc) is 2.57. The Morgan fingerprint density at radius 3 is 2.20 bits per heavy atom. The topological polar surface area (TPSA) is 35.5 Å². The third-order valence-electron chi connectivity index (χ3n) is 3.98. The van der Waals surface area contributed by atoms with Gasteiger partial charge in [0, 0.05) is 11.4 Å². The van der Waals surface area contributed by atoms with Gasteiger partial charge in [-0.2, -0.15) is 0 Å². The first-order valence-electron chi connectivity index (χ1n) is 8.57. The van der Waals surface area contributed by atoms with E-state index in [0.29, 0.717) is 36.1 Å². The van der Waals surface area contributed by atoms with E-state index < -0.39 is 0 Å². The quantitative estimate of drug-likeness (QED) is 0.353. The fourth-order valence-corrected chi connectivity index (χ4v) is 2.61. The molecule has 0 unspecified atom stereocenters. The molecule has 3 nitrogen and oxygen atoms in total. The standard InChI is InChI=1S/C21H25ClO3/c1-14(2)17-7-9-18(10-8-17)24-11-5-6-20(23)25-19-12-15(3)21(22)16(4)13-19/h7-10,12-14H,5-6,11H2,1-4H3. The lowest BCUT2D eigenvalue weighted by Crippen LogP contribution is -2.10. The van der Waals surface area contributed by atoms with Gasteiger partial charge < -0.3 is 9.47 Å². The second-order valence-electron chi connectivity index (χ2n) is 6.52. The number of halogens is 1.